The van der Waals surface area contributed by atoms with Gasteiger partial charge in [-0.3, -0.25) is 0 Å². The van der Waals surface area contributed by atoms with Crippen LogP contribution in [0.3, 0.4) is 0 Å². The molecule has 2 atom stereocenters. The molecular formula is C13H16HgO3. The summed E-state index contributed by atoms with van der Waals surface area (Å²) in [4.78, 5) is 10.8. The van der Waals surface area contributed by atoms with Crippen molar-refractivity contribution in [1.82, 2.24) is 0 Å². The molecule has 0 aliphatic carbocycles. The van der Waals surface area contributed by atoms with Gasteiger partial charge in [0, 0.05) is 0 Å². The van der Waals surface area contributed by atoms with E-state index in [1.54, 1.807) is 0 Å². The Morgan fingerprint density at radius 1 is 1.53 bits per heavy atom. The van der Waals surface area contributed by atoms with Gasteiger partial charge in [-0.15, -0.1) is 0 Å². The van der Waals surface area contributed by atoms with Gasteiger partial charge in [-0.05, 0) is 0 Å². The second-order valence-electron chi connectivity index (χ2n) is 4.61. The Labute approximate surface area is 115 Å². The van der Waals surface area contributed by atoms with Gasteiger partial charge < -0.3 is 0 Å². The number of ether oxygens (including phenoxy) is 1. The van der Waals surface area contributed by atoms with Crippen LogP contribution >= 0.6 is 0 Å². The van der Waals surface area contributed by atoms with Crippen molar-refractivity contribution in [2.24, 2.45) is 0 Å². The zero-order chi connectivity index (χ0) is 12.4. The molecule has 0 unspecified atom stereocenters. The van der Waals surface area contributed by atoms with Crippen LogP contribution in [0.25, 0.3) is 0 Å². The van der Waals surface area contributed by atoms with Gasteiger partial charge in [0.1, 0.15) is 0 Å². The first-order valence-corrected chi connectivity index (χ1v) is 12.1. The Bertz CT molecular complexity index is 431. The summed E-state index contributed by atoms with van der Waals surface area (Å²) in [6, 6.07) is 6.32. The van der Waals surface area contributed by atoms with Crippen LogP contribution in [-0.2, 0) is 32.5 Å². The number of aryl methyl sites for hydroxylation is 1. The van der Waals surface area contributed by atoms with Gasteiger partial charge in [0.15, 0.2) is 0 Å². The van der Waals surface area contributed by atoms with Crippen molar-refractivity contribution in [3.63, 3.8) is 0 Å². The zero-order valence-electron chi connectivity index (χ0n) is 10.5. The maximum atomic E-state index is 10.8. The summed E-state index contributed by atoms with van der Waals surface area (Å²) in [7, 11) is 0. The Morgan fingerprint density at radius 2 is 2.29 bits per heavy atom. The van der Waals surface area contributed by atoms with Gasteiger partial charge in [0.2, 0.25) is 0 Å². The third-order valence-corrected chi connectivity index (χ3v) is 8.70. The third-order valence-electron chi connectivity index (χ3n) is 3.20. The van der Waals surface area contributed by atoms with Crippen molar-refractivity contribution in [1.29, 1.82) is 0 Å². The van der Waals surface area contributed by atoms with Crippen LogP contribution in [0.5, 0.6) is 5.75 Å². The van der Waals surface area contributed by atoms with Gasteiger partial charge >= 0.3 is 115 Å². The molecule has 0 saturated carbocycles. The summed E-state index contributed by atoms with van der Waals surface area (Å²) in [5.41, 5.74) is 2.57. The van der Waals surface area contributed by atoms with Gasteiger partial charge in [-0.1, -0.05) is 0 Å². The van der Waals surface area contributed by atoms with Crippen LogP contribution in [0, 0.1) is 6.92 Å². The Morgan fingerprint density at radius 3 is 3.00 bits per heavy atom. The van der Waals surface area contributed by atoms with Gasteiger partial charge in [-0.25, -0.2) is 0 Å². The summed E-state index contributed by atoms with van der Waals surface area (Å²) in [5, 5.41) is 0. The molecule has 1 aliphatic heterocycles. The van der Waals surface area contributed by atoms with Crippen LogP contribution in [-0.4, -0.2) is 12.1 Å². The fraction of sp³-hybridized carbons (Fsp3) is 0.462. The summed E-state index contributed by atoms with van der Waals surface area (Å²) < 4.78 is 12.1. The van der Waals surface area contributed by atoms with Gasteiger partial charge in [0.25, 0.3) is 0 Å². The second kappa shape index (κ2) is 5.38. The molecule has 0 bridgehead atoms. The minimum atomic E-state index is -1.53. The molecule has 0 amide bonds. The molecule has 3 nitrogen and oxygen atoms in total. The Kier molecular flexibility index (Phi) is 4.07. The van der Waals surface area contributed by atoms with Crippen molar-refractivity contribution in [2.75, 3.05) is 0 Å². The topological polar surface area (TPSA) is 35.5 Å². The molecule has 1 aromatic rings. The van der Waals surface area contributed by atoms with E-state index in [-0.39, 0.29) is 12.1 Å². The SMILES string of the molecule is CC(=O)[O][Hg][CH2][C@@H]1Oc2ccc(C)cc2[C@@H]1C. The van der Waals surface area contributed by atoms with E-state index < -0.39 is 25.0 Å². The van der Waals surface area contributed by atoms with Crippen LogP contribution < -0.4 is 4.74 Å². The quantitative estimate of drug-likeness (QED) is 0.705. The first-order chi connectivity index (χ1) is 8.08. The number of hydrogen-bond donors (Lipinski definition) is 0. The fourth-order valence-electron chi connectivity index (χ4n) is 2.22. The van der Waals surface area contributed by atoms with Gasteiger partial charge in [0.05, 0.1) is 0 Å². The number of hydrogen-bond acceptors (Lipinski definition) is 3. The summed E-state index contributed by atoms with van der Waals surface area (Å²) >= 11 is -1.53. The predicted molar refractivity (Wildman–Crippen MR) is 60.6 cm³/mol. The molecule has 88 valence electrons. The molecule has 0 radical (unpaired) electrons. The summed E-state index contributed by atoms with van der Waals surface area (Å²) in [5.74, 6) is 1.29. The van der Waals surface area contributed by atoms with Crippen molar-refractivity contribution in [2.45, 2.75) is 36.7 Å². The normalized spacial score (nSPS) is 21.4. The molecule has 0 saturated heterocycles. The molecule has 1 aromatic carbocycles. The van der Waals surface area contributed by atoms with E-state index in [4.69, 9.17) is 7.38 Å². The van der Waals surface area contributed by atoms with Gasteiger partial charge in [-0.2, -0.15) is 0 Å². The predicted octanol–water partition coefficient (Wildman–Crippen LogP) is 2.84. The molecule has 4 heteroatoms. The standard InChI is InChI=1S/C11H13O.C2H4O2.Hg/c1-7-4-5-11-10(6-7)8(2)9(3)12-11;1-2(3)4;/h4-6,8-9H,3H2,1-2H3;1H3,(H,3,4);/q;;+1/p-1/t8-,9+;;/m1../s1. The summed E-state index contributed by atoms with van der Waals surface area (Å²) in [6.45, 7) is 5.77. The van der Waals surface area contributed by atoms with E-state index in [1.165, 1.54) is 18.1 Å². The number of rotatable bonds is 3. The Balaban J connectivity index is 1.99. The number of carbonyl (C=O) groups excluding carboxylic acids is 1. The van der Waals surface area contributed by atoms with Crippen molar-refractivity contribution in [3.8, 4) is 5.75 Å². The molecule has 0 aromatic heterocycles. The molecule has 1 aliphatic rings. The molecule has 2 rings (SSSR count). The molecule has 0 N–H and O–H groups in total. The van der Waals surface area contributed by atoms with Crippen LogP contribution in [0.1, 0.15) is 30.9 Å². The minimum absolute atomic E-state index is 0.134. The zero-order valence-corrected chi connectivity index (χ0v) is 16.0. The molecule has 0 fully saturated rings. The van der Waals surface area contributed by atoms with E-state index >= 15 is 0 Å². The van der Waals surface area contributed by atoms with E-state index in [9.17, 15) is 4.79 Å². The first kappa shape index (κ1) is 12.9. The Hall–Kier alpha value is -0.575. The number of benzene rings is 1. The number of fused-ring (bicyclic) bond motifs is 1. The fourth-order valence-corrected chi connectivity index (χ4v) is 7.10. The monoisotopic (exact) mass is 422 g/mol. The van der Waals surface area contributed by atoms with Crippen LogP contribution in [0.2, 0.25) is 3.93 Å². The van der Waals surface area contributed by atoms with Crippen LogP contribution in [0.4, 0.5) is 0 Å². The summed E-state index contributed by atoms with van der Waals surface area (Å²) in [6.07, 6.45) is 0.216. The van der Waals surface area contributed by atoms with Crippen molar-refractivity contribution in [3.05, 3.63) is 29.3 Å². The van der Waals surface area contributed by atoms with E-state index in [0.29, 0.717) is 5.92 Å². The van der Waals surface area contributed by atoms with E-state index in [0.717, 1.165) is 9.68 Å². The van der Waals surface area contributed by atoms with Crippen molar-refractivity contribution < 1.29 is 37.2 Å². The molecule has 1 heterocycles. The molecule has 0 spiro atoms. The third kappa shape index (κ3) is 3.00. The maximum absolute atomic E-state index is 10.8. The first-order valence-electron chi connectivity index (χ1n) is 5.98. The second-order valence-corrected chi connectivity index (χ2v) is 9.57. The average Bonchev–Trinajstić information content (AvgIpc) is 2.56. The van der Waals surface area contributed by atoms with Crippen LogP contribution in [0.15, 0.2) is 18.2 Å². The average molecular weight is 421 g/mol. The number of carbonyl (C=O) groups is 1. The molecule has 17 heavy (non-hydrogen) atoms. The van der Waals surface area contributed by atoms with E-state index in [1.807, 2.05) is 6.07 Å². The van der Waals surface area contributed by atoms with Crippen molar-refractivity contribution >= 4 is 5.97 Å². The van der Waals surface area contributed by atoms with E-state index in [2.05, 4.69) is 26.0 Å². The molecular weight excluding hydrogens is 405 g/mol.